The van der Waals surface area contributed by atoms with E-state index >= 15 is 0 Å². The van der Waals surface area contributed by atoms with E-state index in [1.54, 1.807) is 24.3 Å². The first-order valence-corrected chi connectivity index (χ1v) is 11.6. The van der Waals surface area contributed by atoms with Crippen LogP contribution in [-0.4, -0.2) is 71.8 Å². The predicted molar refractivity (Wildman–Crippen MR) is 115 cm³/mol. The number of benzene rings is 1. The minimum absolute atomic E-state index is 0.00313. The standard InChI is InChI=1S/C23H32ClN3O2/c24-20-10-8-19(9-11-20)22(28)27-16-14-25(15-17-27)21(18-6-2-3-7-18)23(29)26-12-4-1-5-13-26/h8-11,18,21H,1-7,12-17H2/t21-/m0/s1. The molecule has 3 fully saturated rings. The molecule has 2 heterocycles. The van der Waals surface area contributed by atoms with E-state index in [0.717, 1.165) is 51.9 Å². The van der Waals surface area contributed by atoms with Crippen LogP contribution in [0.25, 0.3) is 0 Å². The molecule has 6 heteroatoms. The first kappa shape index (κ1) is 20.7. The van der Waals surface area contributed by atoms with Crippen LogP contribution in [-0.2, 0) is 4.79 Å². The second kappa shape index (κ2) is 9.48. The van der Waals surface area contributed by atoms with E-state index in [1.807, 2.05) is 4.90 Å². The van der Waals surface area contributed by atoms with Crippen LogP contribution in [0.4, 0.5) is 0 Å². The highest BCUT2D eigenvalue weighted by Crippen LogP contribution is 2.32. The van der Waals surface area contributed by atoms with Crippen LogP contribution in [0.1, 0.15) is 55.3 Å². The van der Waals surface area contributed by atoms with Gasteiger partial charge in [0.05, 0.1) is 6.04 Å². The quantitative estimate of drug-likeness (QED) is 0.750. The number of hydrogen-bond acceptors (Lipinski definition) is 3. The molecule has 0 aromatic heterocycles. The maximum absolute atomic E-state index is 13.4. The van der Waals surface area contributed by atoms with Gasteiger partial charge in [0.25, 0.3) is 5.91 Å². The molecule has 0 spiro atoms. The molecular weight excluding hydrogens is 386 g/mol. The monoisotopic (exact) mass is 417 g/mol. The highest BCUT2D eigenvalue weighted by molar-refractivity contribution is 6.30. The van der Waals surface area contributed by atoms with Gasteiger partial charge in [0.1, 0.15) is 0 Å². The molecule has 2 aliphatic heterocycles. The van der Waals surface area contributed by atoms with Crippen molar-refractivity contribution in [3.8, 4) is 0 Å². The van der Waals surface area contributed by atoms with Gasteiger partial charge in [-0.15, -0.1) is 0 Å². The summed E-state index contributed by atoms with van der Waals surface area (Å²) < 4.78 is 0. The van der Waals surface area contributed by atoms with Gasteiger partial charge < -0.3 is 9.80 Å². The van der Waals surface area contributed by atoms with Crippen LogP contribution in [0.3, 0.4) is 0 Å². The second-order valence-electron chi connectivity index (χ2n) is 8.71. The van der Waals surface area contributed by atoms with Crippen LogP contribution in [0.5, 0.6) is 0 Å². The van der Waals surface area contributed by atoms with Gasteiger partial charge >= 0.3 is 0 Å². The van der Waals surface area contributed by atoms with Crippen molar-refractivity contribution in [3.05, 3.63) is 34.9 Å². The van der Waals surface area contributed by atoms with Crippen LogP contribution in [0.2, 0.25) is 5.02 Å². The van der Waals surface area contributed by atoms with Crippen LogP contribution in [0, 0.1) is 5.92 Å². The van der Waals surface area contributed by atoms with Crippen LogP contribution in [0.15, 0.2) is 24.3 Å². The Labute approximate surface area is 179 Å². The topological polar surface area (TPSA) is 43.9 Å². The summed E-state index contributed by atoms with van der Waals surface area (Å²) in [5, 5.41) is 0.641. The highest BCUT2D eigenvalue weighted by Gasteiger charge is 2.39. The Morgan fingerprint density at radius 1 is 0.793 bits per heavy atom. The minimum atomic E-state index is 0.00313. The molecule has 158 valence electrons. The van der Waals surface area contributed by atoms with Crippen LogP contribution >= 0.6 is 11.6 Å². The van der Waals surface area contributed by atoms with Crippen LogP contribution < -0.4 is 0 Å². The van der Waals surface area contributed by atoms with Crippen molar-refractivity contribution < 1.29 is 9.59 Å². The number of nitrogens with zero attached hydrogens (tertiary/aromatic N) is 3. The summed E-state index contributed by atoms with van der Waals surface area (Å²) in [6.07, 6.45) is 8.30. The van der Waals surface area contributed by atoms with Gasteiger partial charge in [-0.2, -0.15) is 0 Å². The number of likely N-dealkylation sites (tertiary alicyclic amines) is 1. The van der Waals surface area contributed by atoms with E-state index in [-0.39, 0.29) is 11.9 Å². The summed E-state index contributed by atoms with van der Waals surface area (Å²) in [4.78, 5) is 32.7. The Morgan fingerprint density at radius 2 is 1.41 bits per heavy atom. The molecule has 1 aliphatic carbocycles. The maximum Gasteiger partial charge on any atom is 0.253 e. The number of piperidine rings is 1. The number of rotatable bonds is 4. The lowest BCUT2D eigenvalue weighted by atomic mass is 9.93. The van der Waals surface area contributed by atoms with Crippen molar-refractivity contribution in [1.82, 2.24) is 14.7 Å². The van der Waals surface area contributed by atoms with Gasteiger partial charge in [0.2, 0.25) is 5.91 Å². The Bertz CT molecular complexity index is 703. The Balaban J connectivity index is 1.41. The average molecular weight is 418 g/mol. The SMILES string of the molecule is O=C(c1ccc(Cl)cc1)N1CCN([C@H](C(=O)N2CCCCC2)C2CCCC2)CC1. The molecule has 1 atom stereocenters. The van der Waals surface area contributed by atoms with Gasteiger partial charge in [0.15, 0.2) is 0 Å². The van der Waals surface area contributed by atoms with E-state index < -0.39 is 0 Å². The molecule has 4 rings (SSSR count). The molecule has 0 N–H and O–H groups in total. The summed E-state index contributed by atoms with van der Waals surface area (Å²) in [7, 11) is 0. The predicted octanol–water partition coefficient (Wildman–Crippen LogP) is 3.67. The molecule has 1 aromatic carbocycles. The summed E-state index contributed by atoms with van der Waals surface area (Å²) in [6.45, 7) is 4.74. The Morgan fingerprint density at radius 3 is 2.03 bits per heavy atom. The van der Waals surface area contributed by atoms with Crippen molar-refractivity contribution in [3.63, 3.8) is 0 Å². The zero-order chi connectivity index (χ0) is 20.2. The van der Waals surface area contributed by atoms with Crippen molar-refractivity contribution >= 4 is 23.4 Å². The third-order valence-electron chi connectivity index (χ3n) is 6.85. The van der Waals surface area contributed by atoms with Crippen molar-refractivity contribution in [2.75, 3.05) is 39.3 Å². The van der Waals surface area contributed by atoms with Gasteiger partial charge in [-0.3, -0.25) is 14.5 Å². The van der Waals surface area contributed by atoms with Gasteiger partial charge in [0, 0.05) is 49.9 Å². The van der Waals surface area contributed by atoms with E-state index in [2.05, 4.69) is 9.80 Å². The fourth-order valence-electron chi connectivity index (χ4n) is 5.21. The number of amides is 2. The molecule has 3 aliphatic rings. The molecule has 0 unspecified atom stereocenters. The third kappa shape index (κ3) is 4.77. The number of carbonyl (C=O) groups is 2. The van der Waals surface area contributed by atoms with Crippen molar-refractivity contribution in [2.45, 2.75) is 51.0 Å². The minimum Gasteiger partial charge on any atom is -0.341 e. The molecule has 1 saturated carbocycles. The fraction of sp³-hybridized carbons (Fsp3) is 0.652. The zero-order valence-corrected chi connectivity index (χ0v) is 17.9. The van der Waals surface area contributed by atoms with E-state index in [4.69, 9.17) is 11.6 Å². The number of carbonyl (C=O) groups excluding carboxylic acids is 2. The largest absolute Gasteiger partial charge is 0.341 e. The van der Waals surface area contributed by atoms with Crippen molar-refractivity contribution in [1.29, 1.82) is 0 Å². The summed E-state index contributed by atoms with van der Waals surface area (Å²) in [5.41, 5.74) is 0.680. The Hall–Kier alpha value is -1.59. The molecule has 0 bridgehead atoms. The van der Waals surface area contributed by atoms with E-state index in [9.17, 15) is 9.59 Å². The first-order valence-electron chi connectivity index (χ1n) is 11.2. The van der Waals surface area contributed by atoms with Gasteiger partial charge in [-0.25, -0.2) is 0 Å². The lowest BCUT2D eigenvalue weighted by molar-refractivity contribution is -0.140. The number of hydrogen-bond donors (Lipinski definition) is 0. The van der Waals surface area contributed by atoms with Crippen molar-refractivity contribution in [2.24, 2.45) is 5.92 Å². The normalized spacial score (nSPS) is 22.7. The Kier molecular flexibility index (Phi) is 6.76. The second-order valence-corrected chi connectivity index (χ2v) is 9.15. The lowest BCUT2D eigenvalue weighted by Gasteiger charge is -2.43. The zero-order valence-electron chi connectivity index (χ0n) is 17.2. The summed E-state index contributed by atoms with van der Waals surface area (Å²) >= 11 is 5.94. The molecule has 2 amide bonds. The number of halogens is 1. The van der Waals surface area contributed by atoms with Gasteiger partial charge in [-0.1, -0.05) is 24.4 Å². The maximum atomic E-state index is 13.4. The number of piperazine rings is 1. The first-order chi connectivity index (χ1) is 14.1. The molecule has 2 saturated heterocycles. The molecule has 5 nitrogen and oxygen atoms in total. The highest BCUT2D eigenvalue weighted by atomic mass is 35.5. The van der Waals surface area contributed by atoms with Gasteiger partial charge in [-0.05, 0) is 62.3 Å². The van der Waals surface area contributed by atoms with E-state index in [1.165, 1.54) is 19.3 Å². The lowest BCUT2D eigenvalue weighted by Crippen LogP contribution is -2.59. The molecule has 1 aromatic rings. The molecular formula is C23H32ClN3O2. The smallest absolute Gasteiger partial charge is 0.253 e. The average Bonchev–Trinajstić information content (AvgIpc) is 3.29. The third-order valence-corrected chi connectivity index (χ3v) is 7.11. The van der Waals surface area contributed by atoms with E-state index in [0.29, 0.717) is 35.5 Å². The fourth-order valence-corrected chi connectivity index (χ4v) is 5.33. The summed E-state index contributed by atoms with van der Waals surface area (Å²) in [6, 6.07) is 7.11. The molecule has 29 heavy (non-hydrogen) atoms. The summed E-state index contributed by atoms with van der Waals surface area (Å²) in [5.74, 6) is 0.873. The molecule has 0 radical (unpaired) electrons.